The van der Waals surface area contributed by atoms with E-state index in [2.05, 4.69) is 20.1 Å². The monoisotopic (exact) mass is 364 g/mol. The third kappa shape index (κ3) is 3.33. The maximum Gasteiger partial charge on any atom is 0.347 e. The number of benzene rings is 1. The summed E-state index contributed by atoms with van der Waals surface area (Å²) in [5.74, 6) is 1.11. The Balaban J connectivity index is 1.61. The normalized spacial score (nSPS) is 17.0. The molecule has 3 aromatic rings. The van der Waals surface area contributed by atoms with Crippen LogP contribution in [-0.2, 0) is 0 Å². The van der Waals surface area contributed by atoms with Crippen LogP contribution in [0.25, 0.3) is 5.69 Å². The van der Waals surface area contributed by atoms with Gasteiger partial charge in [0.05, 0.1) is 11.3 Å². The molecule has 1 atom stereocenters. The van der Waals surface area contributed by atoms with Crippen LogP contribution in [-0.4, -0.2) is 38.7 Å². The second-order valence-corrected chi connectivity index (χ2v) is 6.61. The van der Waals surface area contributed by atoms with Crippen molar-refractivity contribution in [2.45, 2.75) is 18.8 Å². The molecule has 1 aromatic carbocycles. The van der Waals surface area contributed by atoms with Crippen molar-refractivity contribution in [3.63, 3.8) is 0 Å². The van der Waals surface area contributed by atoms with Gasteiger partial charge in [-0.3, -0.25) is 4.79 Å². The lowest BCUT2D eigenvalue weighted by Gasteiger charge is -2.33. The quantitative estimate of drug-likeness (QED) is 0.728. The number of H-pyrrole nitrogens is 1. The first kappa shape index (κ1) is 17.0. The smallest absolute Gasteiger partial charge is 0.347 e. The van der Waals surface area contributed by atoms with Crippen LogP contribution in [0.2, 0.25) is 0 Å². The molecule has 2 aromatic heterocycles. The summed E-state index contributed by atoms with van der Waals surface area (Å²) in [4.78, 5) is 30.0. The molecule has 1 amide bonds. The van der Waals surface area contributed by atoms with Gasteiger partial charge < -0.3 is 10.6 Å². The number of pyridine rings is 1. The Hall–Kier alpha value is -3.42. The summed E-state index contributed by atoms with van der Waals surface area (Å²) < 4.78 is 1.64. The Kier molecular flexibility index (Phi) is 4.45. The van der Waals surface area contributed by atoms with E-state index in [0.717, 1.165) is 36.7 Å². The number of nitrogens with one attached hydrogen (secondary N) is 1. The van der Waals surface area contributed by atoms with Crippen molar-refractivity contribution in [2.24, 2.45) is 5.73 Å². The lowest BCUT2D eigenvalue weighted by atomic mass is 9.97. The van der Waals surface area contributed by atoms with Gasteiger partial charge in [0.25, 0.3) is 0 Å². The van der Waals surface area contributed by atoms with Gasteiger partial charge in [-0.05, 0) is 37.1 Å². The van der Waals surface area contributed by atoms with Crippen molar-refractivity contribution in [3.8, 4) is 5.69 Å². The van der Waals surface area contributed by atoms with Crippen molar-refractivity contribution in [3.05, 3.63) is 70.5 Å². The van der Waals surface area contributed by atoms with Crippen molar-refractivity contribution >= 4 is 11.7 Å². The molecule has 3 heterocycles. The number of piperidine rings is 1. The van der Waals surface area contributed by atoms with E-state index >= 15 is 0 Å². The summed E-state index contributed by atoms with van der Waals surface area (Å²) in [5.41, 5.74) is 6.22. The summed E-state index contributed by atoms with van der Waals surface area (Å²) in [6, 6.07) is 13.0. The Morgan fingerprint density at radius 2 is 2.00 bits per heavy atom. The fraction of sp³-hybridized carbons (Fsp3) is 0.263. The molecule has 8 nitrogen and oxygen atoms in total. The number of aromatic nitrogens is 4. The SMILES string of the molecule is NC(=O)c1ccc(N2CCC[C@H](c3n[nH]c(=O)n3-c3ccccc3)C2)nc1. The van der Waals surface area contributed by atoms with Gasteiger partial charge in [-0.1, -0.05) is 18.2 Å². The molecule has 0 spiro atoms. The fourth-order valence-electron chi connectivity index (χ4n) is 3.52. The predicted octanol–water partition coefficient (Wildman–Crippen LogP) is 1.44. The summed E-state index contributed by atoms with van der Waals surface area (Å²) in [6.45, 7) is 1.56. The van der Waals surface area contributed by atoms with E-state index in [1.54, 1.807) is 16.7 Å². The molecule has 1 aliphatic heterocycles. The molecule has 3 N–H and O–H groups in total. The molecule has 1 saturated heterocycles. The van der Waals surface area contributed by atoms with E-state index in [1.165, 1.54) is 6.20 Å². The highest BCUT2D eigenvalue weighted by molar-refractivity contribution is 5.92. The average Bonchev–Trinajstić information content (AvgIpc) is 3.10. The molecule has 4 rings (SSSR count). The second-order valence-electron chi connectivity index (χ2n) is 6.61. The molecular weight excluding hydrogens is 344 g/mol. The molecule has 0 unspecified atom stereocenters. The Bertz CT molecular complexity index is 993. The van der Waals surface area contributed by atoms with Crippen molar-refractivity contribution in [2.75, 3.05) is 18.0 Å². The van der Waals surface area contributed by atoms with Crippen LogP contribution in [0.1, 0.15) is 34.9 Å². The summed E-state index contributed by atoms with van der Waals surface area (Å²) in [7, 11) is 0. The standard InChI is InChI=1S/C19H20N6O2/c20-17(26)13-8-9-16(21-11-13)24-10-4-5-14(12-24)18-22-23-19(27)25(18)15-6-2-1-3-7-15/h1-3,6-9,11,14H,4-5,10,12H2,(H2,20,26)(H,23,27)/t14-/m0/s1. The van der Waals surface area contributed by atoms with Crippen LogP contribution >= 0.6 is 0 Å². The molecule has 0 saturated carbocycles. The number of aromatic amines is 1. The summed E-state index contributed by atoms with van der Waals surface area (Å²) in [6.07, 6.45) is 3.39. The number of para-hydroxylation sites is 1. The minimum Gasteiger partial charge on any atom is -0.366 e. The van der Waals surface area contributed by atoms with E-state index in [4.69, 9.17) is 5.73 Å². The van der Waals surface area contributed by atoms with Crippen LogP contribution < -0.4 is 16.3 Å². The van der Waals surface area contributed by atoms with Crippen LogP contribution in [0.3, 0.4) is 0 Å². The van der Waals surface area contributed by atoms with Crippen LogP contribution in [0.15, 0.2) is 53.5 Å². The van der Waals surface area contributed by atoms with Gasteiger partial charge in [-0.15, -0.1) is 0 Å². The third-order valence-electron chi connectivity index (χ3n) is 4.86. The van der Waals surface area contributed by atoms with Crippen LogP contribution in [0, 0.1) is 0 Å². The van der Waals surface area contributed by atoms with Gasteiger partial charge >= 0.3 is 5.69 Å². The van der Waals surface area contributed by atoms with Crippen LogP contribution in [0.5, 0.6) is 0 Å². The Morgan fingerprint density at radius 1 is 1.19 bits per heavy atom. The topological polar surface area (TPSA) is 110 Å². The first-order valence-electron chi connectivity index (χ1n) is 8.87. The van der Waals surface area contributed by atoms with Gasteiger partial charge in [-0.25, -0.2) is 19.4 Å². The molecule has 1 fully saturated rings. The maximum atomic E-state index is 12.3. The minimum atomic E-state index is -0.492. The molecule has 0 bridgehead atoms. The number of amides is 1. The lowest BCUT2D eigenvalue weighted by molar-refractivity contribution is 0.1000. The number of carbonyl (C=O) groups excluding carboxylic acids is 1. The molecule has 8 heteroatoms. The number of anilines is 1. The predicted molar refractivity (Wildman–Crippen MR) is 101 cm³/mol. The minimum absolute atomic E-state index is 0.0931. The van der Waals surface area contributed by atoms with Crippen LogP contribution in [0.4, 0.5) is 5.82 Å². The summed E-state index contributed by atoms with van der Waals surface area (Å²) >= 11 is 0. The molecular formula is C19H20N6O2. The third-order valence-corrected chi connectivity index (χ3v) is 4.86. The zero-order chi connectivity index (χ0) is 18.8. The highest BCUT2D eigenvalue weighted by Gasteiger charge is 2.27. The van der Waals surface area contributed by atoms with Gasteiger partial charge in [0, 0.05) is 25.2 Å². The number of rotatable bonds is 4. The highest BCUT2D eigenvalue weighted by Crippen LogP contribution is 2.28. The number of hydrogen-bond acceptors (Lipinski definition) is 5. The van der Waals surface area contributed by atoms with Gasteiger partial charge in [0.2, 0.25) is 5.91 Å². The highest BCUT2D eigenvalue weighted by atomic mass is 16.2. The molecule has 0 aliphatic carbocycles. The number of carbonyl (C=O) groups is 1. The average molecular weight is 364 g/mol. The van der Waals surface area contributed by atoms with E-state index in [-0.39, 0.29) is 11.6 Å². The second kappa shape index (κ2) is 7.06. The molecule has 138 valence electrons. The van der Waals surface area contributed by atoms with E-state index < -0.39 is 5.91 Å². The molecule has 0 radical (unpaired) electrons. The Labute approximate surface area is 155 Å². The van der Waals surface area contributed by atoms with Gasteiger partial charge in [0.15, 0.2) is 0 Å². The van der Waals surface area contributed by atoms with Crippen molar-refractivity contribution < 1.29 is 4.79 Å². The molecule has 27 heavy (non-hydrogen) atoms. The van der Waals surface area contributed by atoms with Crippen molar-refractivity contribution in [1.82, 2.24) is 19.7 Å². The van der Waals surface area contributed by atoms with E-state index in [9.17, 15) is 9.59 Å². The Morgan fingerprint density at radius 3 is 2.70 bits per heavy atom. The van der Waals surface area contributed by atoms with Crippen molar-refractivity contribution in [1.29, 1.82) is 0 Å². The van der Waals surface area contributed by atoms with E-state index in [0.29, 0.717) is 12.1 Å². The number of nitrogens with two attached hydrogens (primary N) is 1. The largest absolute Gasteiger partial charge is 0.366 e. The summed E-state index contributed by atoms with van der Waals surface area (Å²) in [5, 5.41) is 6.88. The maximum absolute atomic E-state index is 12.3. The zero-order valence-electron chi connectivity index (χ0n) is 14.7. The van der Waals surface area contributed by atoms with Gasteiger partial charge in [-0.2, -0.15) is 5.10 Å². The number of nitrogens with zero attached hydrogens (tertiary/aromatic N) is 4. The lowest BCUT2D eigenvalue weighted by Crippen LogP contribution is -2.36. The number of hydrogen-bond donors (Lipinski definition) is 2. The first-order valence-corrected chi connectivity index (χ1v) is 8.87. The fourth-order valence-corrected chi connectivity index (χ4v) is 3.52. The first-order chi connectivity index (χ1) is 13.1. The van der Waals surface area contributed by atoms with E-state index in [1.807, 2.05) is 30.3 Å². The number of primary amides is 1. The zero-order valence-corrected chi connectivity index (χ0v) is 14.7. The molecule has 1 aliphatic rings. The van der Waals surface area contributed by atoms with Gasteiger partial charge in [0.1, 0.15) is 11.6 Å².